The molecule has 0 heterocycles. The van der Waals surface area contributed by atoms with Crippen molar-refractivity contribution in [2.45, 2.75) is 219 Å². The second-order valence-electron chi connectivity index (χ2n) is 15.8. The van der Waals surface area contributed by atoms with E-state index in [-0.39, 0.29) is 11.8 Å². The van der Waals surface area contributed by atoms with Crippen LogP contribution < -0.4 is 10.6 Å². The van der Waals surface area contributed by atoms with Crippen molar-refractivity contribution in [3.05, 3.63) is 48.5 Å². The molecule has 0 fully saturated rings. The minimum Gasteiger partial charge on any atom is -0.326 e. The van der Waals surface area contributed by atoms with E-state index in [1.54, 1.807) is 0 Å². The number of nitrogens with zero attached hydrogens (tertiary/aromatic N) is 2. The molecule has 2 aromatic carbocycles. The summed E-state index contributed by atoms with van der Waals surface area (Å²) in [7, 11) is 0. The number of azo groups is 1. The van der Waals surface area contributed by atoms with Crippen molar-refractivity contribution in [3.63, 3.8) is 0 Å². The molecule has 2 N–H and O–H groups in total. The molecule has 6 heteroatoms. The Morgan fingerprint density at radius 2 is 0.574 bits per heavy atom. The lowest BCUT2D eigenvalue weighted by atomic mass is 10.0. The van der Waals surface area contributed by atoms with E-state index < -0.39 is 0 Å². The van der Waals surface area contributed by atoms with Crippen LogP contribution in [0.2, 0.25) is 0 Å². The standard InChI is InChI=1S/C48H80N4O2/c1-3-5-7-9-11-13-15-17-19-21-23-25-27-29-31-33-47(53)49-43-35-39-45(40-36-43)51-52-46-41-37-44(38-42-46)50-48(54)34-32-30-28-26-24-22-20-18-16-14-12-10-8-6-4-2/h35-42H,3-34H2,1-2H3,(H,49,53)(H,50,54). The molecule has 54 heavy (non-hydrogen) atoms. The molecule has 0 saturated heterocycles. The zero-order chi connectivity index (χ0) is 38.6. The van der Waals surface area contributed by atoms with Gasteiger partial charge in [0.15, 0.2) is 0 Å². The summed E-state index contributed by atoms with van der Waals surface area (Å²) >= 11 is 0. The number of carbonyl (C=O) groups is 2. The predicted molar refractivity (Wildman–Crippen MR) is 233 cm³/mol. The van der Waals surface area contributed by atoms with E-state index >= 15 is 0 Å². The maximum absolute atomic E-state index is 12.4. The second-order valence-corrected chi connectivity index (χ2v) is 15.8. The number of rotatable bonds is 36. The van der Waals surface area contributed by atoms with Crippen LogP contribution in [0.25, 0.3) is 0 Å². The summed E-state index contributed by atoms with van der Waals surface area (Å²) < 4.78 is 0. The highest BCUT2D eigenvalue weighted by Crippen LogP contribution is 2.23. The number of anilines is 2. The van der Waals surface area contributed by atoms with Crippen LogP contribution in [0.5, 0.6) is 0 Å². The largest absolute Gasteiger partial charge is 0.326 e. The van der Waals surface area contributed by atoms with E-state index in [0.717, 1.165) is 48.4 Å². The molecule has 0 aliphatic carbocycles. The molecular formula is C48H80N4O2. The zero-order valence-electron chi connectivity index (χ0n) is 35.0. The van der Waals surface area contributed by atoms with Crippen LogP contribution >= 0.6 is 0 Å². The van der Waals surface area contributed by atoms with E-state index in [0.29, 0.717) is 12.8 Å². The molecule has 2 amide bonds. The molecule has 2 rings (SSSR count). The van der Waals surface area contributed by atoms with E-state index in [2.05, 4.69) is 34.7 Å². The lowest BCUT2D eigenvalue weighted by Gasteiger charge is -2.06. The van der Waals surface area contributed by atoms with Crippen LogP contribution in [0.15, 0.2) is 58.8 Å². The van der Waals surface area contributed by atoms with Crippen molar-refractivity contribution >= 4 is 34.6 Å². The lowest BCUT2D eigenvalue weighted by Crippen LogP contribution is -2.10. The Morgan fingerprint density at radius 1 is 0.352 bits per heavy atom. The van der Waals surface area contributed by atoms with E-state index in [1.807, 2.05) is 48.5 Å². The number of hydrogen-bond acceptors (Lipinski definition) is 4. The highest BCUT2D eigenvalue weighted by Gasteiger charge is 2.05. The normalized spacial score (nSPS) is 11.4. The highest BCUT2D eigenvalue weighted by atomic mass is 16.2. The topological polar surface area (TPSA) is 82.9 Å². The van der Waals surface area contributed by atoms with Gasteiger partial charge in [0.1, 0.15) is 0 Å². The fourth-order valence-electron chi connectivity index (χ4n) is 7.10. The second kappa shape index (κ2) is 34.5. The molecular weight excluding hydrogens is 665 g/mol. The maximum atomic E-state index is 12.4. The molecule has 0 aliphatic heterocycles. The van der Waals surface area contributed by atoms with Crippen LogP contribution in [0, 0.1) is 0 Å². The van der Waals surface area contributed by atoms with Crippen LogP contribution in [0.3, 0.4) is 0 Å². The summed E-state index contributed by atoms with van der Waals surface area (Å²) in [5.74, 6) is 0.141. The number of nitrogens with one attached hydrogen (secondary N) is 2. The Balaban J connectivity index is 1.46. The van der Waals surface area contributed by atoms with Crippen molar-refractivity contribution in [1.29, 1.82) is 0 Å². The SMILES string of the molecule is CCCCCCCCCCCCCCCCCC(=O)Nc1ccc(N=Nc2ccc(NC(=O)CCCCCCCCCCCCCCCCC)cc2)cc1. The van der Waals surface area contributed by atoms with Gasteiger partial charge in [-0.05, 0) is 61.4 Å². The average Bonchev–Trinajstić information content (AvgIpc) is 3.18. The molecule has 0 aromatic heterocycles. The monoisotopic (exact) mass is 745 g/mol. The van der Waals surface area contributed by atoms with Gasteiger partial charge in [0.2, 0.25) is 11.8 Å². The number of hydrogen-bond donors (Lipinski definition) is 2. The first kappa shape index (κ1) is 47.1. The Morgan fingerprint density at radius 3 is 0.815 bits per heavy atom. The Kier molecular flexibility index (Phi) is 30.1. The fraction of sp³-hybridized carbons (Fsp3) is 0.708. The van der Waals surface area contributed by atoms with Crippen molar-refractivity contribution < 1.29 is 9.59 Å². The quantitative estimate of drug-likeness (QED) is 0.0538. The first-order chi connectivity index (χ1) is 26.6. The summed E-state index contributed by atoms with van der Waals surface area (Å²) in [6.45, 7) is 4.56. The molecule has 0 spiro atoms. The van der Waals surface area contributed by atoms with Gasteiger partial charge in [-0.1, -0.05) is 194 Å². The maximum Gasteiger partial charge on any atom is 0.224 e. The third kappa shape index (κ3) is 27.5. The van der Waals surface area contributed by atoms with E-state index in [9.17, 15) is 9.59 Å². The first-order valence-electron chi connectivity index (χ1n) is 22.8. The summed E-state index contributed by atoms with van der Waals surface area (Å²) in [5.41, 5.74) is 3.00. The zero-order valence-corrected chi connectivity index (χ0v) is 35.0. The third-order valence-electron chi connectivity index (χ3n) is 10.6. The van der Waals surface area contributed by atoms with Gasteiger partial charge in [0.05, 0.1) is 11.4 Å². The number of benzene rings is 2. The van der Waals surface area contributed by atoms with Crippen molar-refractivity contribution in [2.24, 2.45) is 10.2 Å². The predicted octanol–water partition coefficient (Wildman–Crippen LogP) is 16.5. The van der Waals surface area contributed by atoms with Crippen LogP contribution in [0.1, 0.15) is 219 Å². The minimum atomic E-state index is 0.0704. The van der Waals surface area contributed by atoms with Crippen LogP contribution in [-0.4, -0.2) is 11.8 Å². The van der Waals surface area contributed by atoms with Gasteiger partial charge in [0.25, 0.3) is 0 Å². The van der Waals surface area contributed by atoms with Crippen LogP contribution in [-0.2, 0) is 9.59 Å². The molecule has 0 radical (unpaired) electrons. The molecule has 0 unspecified atom stereocenters. The lowest BCUT2D eigenvalue weighted by molar-refractivity contribution is -0.117. The smallest absolute Gasteiger partial charge is 0.224 e. The summed E-state index contributed by atoms with van der Waals surface area (Å²) in [5, 5.41) is 14.7. The molecule has 0 atom stereocenters. The summed E-state index contributed by atoms with van der Waals surface area (Å²) in [6.07, 6.45) is 40.8. The van der Waals surface area contributed by atoms with Crippen molar-refractivity contribution in [3.8, 4) is 0 Å². The molecule has 6 nitrogen and oxygen atoms in total. The number of unbranched alkanes of at least 4 members (excludes halogenated alkanes) is 28. The van der Waals surface area contributed by atoms with Gasteiger partial charge < -0.3 is 10.6 Å². The molecule has 0 aliphatic rings. The Bertz CT molecular complexity index is 1100. The molecule has 0 saturated carbocycles. The minimum absolute atomic E-state index is 0.0704. The van der Waals surface area contributed by atoms with Gasteiger partial charge >= 0.3 is 0 Å². The first-order valence-corrected chi connectivity index (χ1v) is 22.8. The molecule has 304 valence electrons. The van der Waals surface area contributed by atoms with Gasteiger partial charge in [-0.2, -0.15) is 10.2 Å². The van der Waals surface area contributed by atoms with E-state index in [1.165, 1.54) is 167 Å². The average molecular weight is 745 g/mol. The van der Waals surface area contributed by atoms with Crippen molar-refractivity contribution in [1.82, 2.24) is 0 Å². The van der Waals surface area contributed by atoms with Crippen LogP contribution in [0.4, 0.5) is 22.7 Å². The number of carbonyl (C=O) groups excluding carboxylic acids is 2. The van der Waals surface area contributed by atoms with Gasteiger partial charge in [-0.25, -0.2) is 0 Å². The van der Waals surface area contributed by atoms with Gasteiger partial charge in [0, 0.05) is 24.2 Å². The fourth-order valence-corrected chi connectivity index (χ4v) is 7.10. The highest BCUT2D eigenvalue weighted by molar-refractivity contribution is 5.91. The Hall–Kier alpha value is -3.02. The summed E-state index contributed by atoms with van der Waals surface area (Å²) in [6, 6.07) is 14.9. The van der Waals surface area contributed by atoms with Gasteiger partial charge in [-0.3, -0.25) is 9.59 Å². The van der Waals surface area contributed by atoms with E-state index in [4.69, 9.17) is 0 Å². The Labute approximate surface area is 331 Å². The van der Waals surface area contributed by atoms with Gasteiger partial charge in [-0.15, -0.1) is 0 Å². The number of amides is 2. The third-order valence-corrected chi connectivity index (χ3v) is 10.6. The molecule has 0 bridgehead atoms. The van der Waals surface area contributed by atoms with Crippen molar-refractivity contribution in [2.75, 3.05) is 10.6 Å². The summed E-state index contributed by atoms with van der Waals surface area (Å²) in [4.78, 5) is 24.8. The molecule has 2 aromatic rings.